The maximum atomic E-state index is 6.46. The highest BCUT2D eigenvalue weighted by molar-refractivity contribution is 5.86. The van der Waals surface area contributed by atoms with E-state index in [0.717, 1.165) is 34.6 Å². The fourth-order valence-corrected chi connectivity index (χ4v) is 6.25. The zero-order valence-corrected chi connectivity index (χ0v) is 28.4. The third-order valence-corrected chi connectivity index (χ3v) is 9.11. The molecule has 0 amide bonds. The largest absolute Gasteiger partial charge is 0.488 e. The number of benzene rings is 4. The number of hydrogen-bond acceptors (Lipinski definition) is 3. The Morgan fingerprint density at radius 1 is 0.778 bits per heavy atom. The van der Waals surface area contributed by atoms with Crippen molar-refractivity contribution in [2.75, 3.05) is 0 Å². The number of hydrogen-bond donors (Lipinski definition) is 0. The molecule has 4 aromatic carbocycles. The van der Waals surface area contributed by atoms with Gasteiger partial charge < -0.3 is 9.47 Å². The van der Waals surface area contributed by atoms with Gasteiger partial charge in [-0.25, -0.2) is 4.99 Å². The van der Waals surface area contributed by atoms with Crippen LogP contribution in [0.1, 0.15) is 88.3 Å². The molecule has 1 aliphatic carbocycles. The van der Waals surface area contributed by atoms with Crippen molar-refractivity contribution in [2.24, 2.45) is 10.4 Å². The first kappa shape index (κ1) is 32.0. The van der Waals surface area contributed by atoms with Crippen LogP contribution in [0.25, 0.3) is 11.1 Å². The highest BCUT2D eigenvalue weighted by Crippen LogP contribution is 2.56. The molecule has 0 radical (unpaired) electrons. The molecule has 0 atom stereocenters. The van der Waals surface area contributed by atoms with Crippen LogP contribution in [0.4, 0.5) is 0 Å². The van der Waals surface area contributed by atoms with Gasteiger partial charge in [0.05, 0.1) is 5.41 Å². The zero-order valence-electron chi connectivity index (χ0n) is 28.4. The molecule has 232 valence electrons. The van der Waals surface area contributed by atoms with Gasteiger partial charge in [0.15, 0.2) is 0 Å². The third-order valence-electron chi connectivity index (χ3n) is 9.11. The molecule has 3 heteroatoms. The van der Waals surface area contributed by atoms with Crippen molar-refractivity contribution in [1.82, 2.24) is 0 Å². The second kappa shape index (κ2) is 12.2. The van der Waals surface area contributed by atoms with E-state index in [1.54, 1.807) is 6.21 Å². The summed E-state index contributed by atoms with van der Waals surface area (Å²) in [6.07, 6.45) is 4.71. The lowest BCUT2D eigenvalue weighted by Gasteiger charge is -2.35. The zero-order chi connectivity index (χ0) is 32.6. The van der Waals surface area contributed by atoms with E-state index < -0.39 is 5.41 Å². The smallest absolute Gasteiger partial charge is 0.219 e. The average molecular weight is 598 g/mol. The van der Waals surface area contributed by atoms with Gasteiger partial charge >= 0.3 is 0 Å². The van der Waals surface area contributed by atoms with Crippen LogP contribution in [0.5, 0.6) is 11.5 Å². The Kier molecular flexibility index (Phi) is 8.68. The van der Waals surface area contributed by atoms with Crippen LogP contribution in [0.2, 0.25) is 0 Å². The van der Waals surface area contributed by atoms with E-state index >= 15 is 0 Å². The summed E-state index contributed by atoms with van der Waals surface area (Å²) in [6, 6.07) is 30.9. The van der Waals surface area contributed by atoms with E-state index in [1.165, 1.54) is 33.4 Å². The average Bonchev–Trinajstić information content (AvgIpc) is 3.30. The molecule has 0 aromatic heterocycles. The molecular weight excluding hydrogens is 550 g/mol. The van der Waals surface area contributed by atoms with Gasteiger partial charge in [0, 0.05) is 12.3 Å². The molecule has 0 spiro atoms. The monoisotopic (exact) mass is 597 g/mol. The van der Waals surface area contributed by atoms with Crippen LogP contribution in [-0.2, 0) is 5.41 Å². The minimum Gasteiger partial charge on any atom is -0.488 e. The van der Waals surface area contributed by atoms with Gasteiger partial charge in [-0.1, -0.05) is 100 Å². The minimum absolute atomic E-state index is 0.0436. The van der Waals surface area contributed by atoms with E-state index in [0.29, 0.717) is 5.88 Å². The molecule has 0 bridgehead atoms. The maximum Gasteiger partial charge on any atom is 0.219 e. The second-order valence-corrected chi connectivity index (χ2v) is 13.8. The third kappa shape index (κ3) is 6.01. The first-order valence-electron chi connectivity index (χ1n) is 16.0. The predicted molar refractivity (Wildman–Crippen MR) is 190 cm³/mol. The normalized spacial score (nSPS) is 14.3. The van der Waals surface area contributed by atoms with E-state index in [9.17, 15) is 0 Å². The van der Waals surface area contributed by atoms with Gasteiger partial charge in [-0.3, -0.25) is 0 Å². The Labute approximate surface area is 270 Å². The van der Waals surface area contributed by atoms with Crippen LogP contribution >= 0.6 is 0 Å². The SMILES string of the molecule is C=C(/C=C(\N=C/C)Oc1ccc(C2(c3ccc(OC(C)(C)C)c(C)c3)c3ccccc3-c3ccccc32)cc1C)C(C)(C)CC. The van der Waals surface area contributed by atoms with Crippen LogP contribution in [0.15, 0.2) is 114 Å². The number of aliphatic imine (C=N–C) groups is 1. The summed E-state index contributed by atoms with van der Waals surface area (Å²) >= 11 is 0. The second-order valence-electron chi connectivity index (χ2n) is 13.8. The van der Waals surface area contributed by atoms with E-state index in [-0.39, 0.29) is 11.0 Å². The first-order chi connectivity index (χ1) is 21.3. The van der Waals surface area contributed by atoms with Crippen molar-refractivity contribution >= 4 is 6.21 Å². The number of allylic oxidation sites excluding steroid dienone is 2. The molecular formula is C42H47NO2. The Hall–Kier alpha value is -4.37. The van der Waals surface area contributed by atoms with Crippen molar-refractivity contribution in [3.8, 4) is 22.6 Å². The number of rotatable bonds is 9. The number of fused-ring (bicyclic) bond motifs is 3. The van der Waals surface area contributed by atoms with E-state index in [1.807, 2.05) is 13.0 Å². The van der Waals surface area contributed by atoms with Gasteiger partial charge in [-0.15, -0.1) is 0 Å². The van der Waals surface area contributed by atoms with Crippen molar-refractivity contribution in [3.63, 3.8) is 0 Å². The lowest BCUT2D eigenvalue weighted by atomic mass is 9.67. The molecule has 0 aliphatic heterocycles. The van der Waals surface area contributed by atoms with Crippen LogP contribution in [0.3, 0.4) is 0 Å². The summed E-state index contributed by atoms with van der Waals surface area (Å²) in [5, 5.41) is 0. The Bertz CT molecular complexity index is 1750. The van der Waals surface area contributed by atoms with Crippen molar-refractivity contribution < 1.29 is 9.47 Å². The van der Waals surface area contributed by atoms with Crippen molar-refractivity contribution in [3.05, 3.63) is 142 Å². The fourth-order valence-electron chi connectivity index (χ4n) is 6.25. The molecule has 3 nitrogen and oxygen atoms in total. The Balaban J connectivity index is 1.69. The summed E-state index contributed by atoms with van der Waals surface area (Å²) in [4.78, 5) is 4.55. The van der Waals surface area contributed by atoms with E-state index in [4.69, 9.17) is 9.47 Å². The van der Waals surface area contributed by atoms with Crippen LogP contribution < -0.4 is 9.47 Å². The predicted octanol–water partition coefficient (Wildman–Crippen LogP) is 11.1. The Morgan fingerprint density at radius 2 is 1.29 bits per heavy atom. The molecule has 0 N–H and O–H groups in total. The molecule has 0 unspecified atom stereocenters. The van der Waals surface area contributed by atoms with Gasteiger partial charge in [-0.05, 0) is 116 Å². The summed E-state index contributed by atoms with van der Waals surface area (Å²) < 4.78 is 12.8. The lowest BCUT2D eigenvalue weighted by molar-refractivity contribution is 0.130. The maximum absolute atomic E-state index is 6.46. The molecule has 0 heterocycles. The summed E-state index contributed by atoms with van der Waals surface area (Å²) in [5.74, 6) is 2.22. The van der Waals surface area contributed by atoms with E-state index in [2.05, 4.69) is 152 Å². The standard InChI is InChI=1S/C42H47NO2/c1-11-41(9,10)30(5)27-39(43-12-2)44-37-23-21-31(25-28(37)3)42(32-22-24-38(29(4)26-32)45-40(6,7)8)35-19-15-13-17-33(35)34-18-14-16-20-36(34)42/h12-27H,5,11H2,1-4,6-10H3/b39-27+,43-12-. The summed E-state index contributed by atoms with van der Waals surface area (Å²) in [6.45, 7) is 23.3. The lowest BCUT2D eigenvalue weighted by Crippen LogP contribution is -2.29. The molecule has 1 aliphatic rings. The van der Waals surface area contributed by atoms with Gasteiger partial charge in [-0.2, -0.15) is 0 Å². The van der Waals surface area contributed by atoms with Crippen molar-refractivity contribution in [1.29, 1.82) is 0 Å². The Morgan fingerprint density at radius 3 is 1.76 bits per heavy atom. The first-order valence-corrected chi connectivity index (χ1v) is 16.0. The quantitative estimate of drug-likeness (QED) is 0.0961. The molecule has 5 rings (SSSR count). The molecule has 4 aromatic rings. The van der Waals surface area contributed by atoms with Crippen LogP contribution in [0, 0.1) is 19.3 Å². The highest BCUT2D eigenvalue weighted by Gasteiger charge is 2.46. The fraction of sp³-hybridized carbons (Fsp3) is 0.310. The minimum atomic E-state index is -0.513. The summed E-state index contributed by atoms with van der Waals surface area (Å²) in [7, 11) is 0. The highest BCUT2D eigenvalue weighted by atomic mass is 16.5. The summed E-state index contributed by atoms with van der Waals surface area (Å²) in [5.41, 5.74) is 9.78. The number of nitrogens with zero attached hydrogens (tertiary/aromatic N) is 1. The number of aryl methyl sites for hydroxylation is 2. The van der Waals surface area contributed by atoms with Crippen molar-refractivity contribution in [2.45, 2.75) is 79.8 Å². The topological polar surface area (TPSA) is 30.8 Å². The number of ether oxygens (including phenoxy) is 2. The van der Waals surface area contributed by atoms with Crippen LogP contribution in [-0.4, -0.2) is 11.8 Å². The molecule has 45 heavy (non-hydrogen) atoms. The van der Waals surface area contributed by atoms with Gasteiger partial charge in [0.2, 0.25) is 5.88 Å². The van der Waals surface area contributed by atoms with Gasteiger partial charge in [0.1, 0.15) is 17.1 Å². The molecule has 0 saturated heterocycles. The van der Waals surface area contributed by atoms with Gasteiger partial charge in [0.25, 0.3) is 0 Å². The molecule has 0 saturated carbocycles. The molecule has 0 fully saturated rings.